The van der Waals surface area contributed by atoms with Crippen LogP contribution < -0.4 is 0 Å². The first-order chi connectivity index (χ1) is 12.7. The highest BCUT2D eigenvalue weighted by atomic mass is 32.2. The van der Waals surface area contributed by atoms with Crippen LogP contribution in [0.5, 0.6) is 0 Å². The highest BCUT2D eigenvalue weighted by molar-refractivity contribution is 7.79. The maximum Gasteiger partial charge on any atom is 0.304 e. The fourth-order valence-corrected chi connectivity index (χ4v) is 3.18. The van der Waals surface area contributed by atoms with Crippen LogP contribution in [0.4, 0.5) is 0 Å². The Hall–Kier alpha value is -1.42. The normalized spacial score (nSPS) is 13.4. The molecule has 0 aliphatic heterocycles. The van der Waals surface area contributed by atoms with Gasteiger partial charge in [0.1, 0.15) is 0 Å². The molecule has 0 saturated carbocycles. The van der Waals surface area contributed by atoms with E-state index in [9.17, 15) is 8.42 Å². The first-order valence-corrected chi connectivity index (χ1v) is 10.4. The predicted molar refractivity (Wildman–Crippen MR) is 99.9 cm³/mol. The highest BCUT2D eigenvalue weighted by Crippen LogP contribution is 2.05. The molecule has 2 aromatic carbocycles. The van der Waals surface area contributed by atoms with Gasteiger partial charge in [-0.3, -0.25) is 8.37 Å². The van der Waals surface area contributed by atoms with Gasteiger partial charge in [0.2, 0.25) is 0 Å². The third kappa shape index (κ3) is 9.33. The van der Waals surface area contributed by atoms with Crippen LogP contribution in [0.3, 0.4) is 0 Å². The first-order valence-electron chi connectivity index (χ1n) is 8.18. The molecule has 0 aliphatic carbocycles. The van der Waals surface area contributed by atoms with Gasteiger partial charge in [-0.1, -0.05) is 60.7 Å². The van der Waals surface area contributed by atoms with Crippen LogP contribution >= 0.6 is 0 Å². The van der Waals surface area contributed by atoms with E-state index in [0.717, 1.165) is 11.1 Å². The Morgan fingerprint density at radius 2 is 1.35 bits per heavy atom. The molecule has 0 spiro atoms. The second-order valence-corrected chi connectivity index (χ2v) is 7.22. The zero-order valence-electron chi connectivity index (χ0n) is 14.3. The Balaban J connectivity index is 1.44. The fraction of sp³-hybridized carbons (Fsp3) is 0.333. The summed E-state index contributed by atoms with van der Waals surface area (Å²) in [6, 6.07) is 18.8. The van der Waals surface area contributed by atoms with Gasteiger partial charge in [0.25, 0.3) is 0 Å². The Bertz CT molecular complexity index is 666. The van der Waals surface area contributed by atoms with Crippen molar-refractivity contribution >= 4 is 22.4 Å². The van der Waals surface area contributed by atoms with E-state index in [1.807, 2.05) is 60.7 Å². The first kappa shape index (κ1) is 20.9. The van der Waals surface area contributed by atoms with E-state index in [-0.39, 0.29) is 25.6 Å². The van der Waals surface area contributed by atoms with Gasteiger partial charge >= 0.3 is 11.4 Å². The van der Waals surface area contributed by atoms with Crippen molar-refractivity contribution in [2.45, 2.75) is 25.2 Å². The minimum Gasteiger partial charge on any atom is -0.268 e. The molecule has 2 atom stereocenters. The molecule has 142 valence electrons. The molecule has 8 heteroatoms. The lowest BCUT2D eigenvalue weighted by molar-refractivity contribution is -0.197. The summed E-state index contributed by atoms with van der Waals surface area (Å²) in [4.78, 5) is 4.92. The van der Waals surface area contributed by atoms with E-state index in [1.165, 1.54) is 0 Å². The van der Waals surface area contributed by atoms with E-state index in [2.05, 4.69) is 0 Å². The third-order valence-electron chi connectivity index (χ3n) is 3.22. The standard InChI is InChI=1S/C18H22O6S2/c19-25(16-18-11-5-2-6-12-18)24-21-13-7-8-14-22-26(20)23-15-17-9-3-1-4-10-17/h1-6,9-12H,7-8,13-16H2/t25-,26-/m1/s1. The fourth-order valence-electron chi connectivity index (χ4n) is 1.94. The zero-order chi connectivity index (χ0) is 18.5. The molecule has 2 aromatic rings. The Kier molecular flexibility index (Phi) is 10.3. The molecule has 0 bridgehead atoms. The summed E-state index contributed by atoms with van der Waals surface area (Å²) in [6.45, 7) is 0.789. The molecule has 0 unspecified atom stereocenters. The van der Waals surface area contributed by atoms with E-state index in [1.54, 1.807) is 0 Å². The zero-order valence-corrected chi connectivity index (χ0v) is 15.9. The number of hydrogen-bond acceptors (Lipinski definition) is 6. The average molecular weight is 399 g/mol. The molecule has 0 aromatic heterocycles. The molecule has 0 radical (unpaired) electrons. The highest BCUT2D eigenvalue weighted by Gasteiger charge is 2.04. The van der Waals surface area contributed by atoms with Gasteiger partial charge in [0, 0.05) is 0 Å². The summed E-state index contributed by atoms with van der Waals surface area (Å²) in [7, 11) is 0. The van der Waals surface area contributed by atoms with Gasteiger partial charge in [-0.05, 0) is 24.0 Å². The molecule has 6 nitrogen and oxygen atoms in total. The van der Waals surface area contributed by atoms with Gasteiger partial charge in [-0.2, -0.15) is 4.21 Å². The largest absolute Gasteiger partial charge is 0.304 e. The van der Waals surface area contributed by atoms with E-state index in [0.29, 0.717) is 12.8 Å². The summed E-state index contributed by atoms with van der Waals surface area (Å²) in [5.74, 6) is 0.279. The van der Waals surface area contributed by atoms with E-state index in [4.69, 9.17) is 17.6 Å². The van der Waals surface area contributed by atoms with Crippen molar-refractivity contribution in [1.82, 2.24) is 0 Å². The summed E-state index contributed by atoms with van der Waals surface area (Å²) < 4.78 is 38.2. The van der Waals surface area contributed by atoms with Crippen LogP contribution in [0.1, 0.15) is 24.0 Å². The van der Waals surface area contributed by atoms with Crippen LogP contribution in [-0.2, 0) is 52.4 Å². The van der Waals surface area contributed by atoms with Crippen molar-refractivity contribution in [2.75, 3.05) is 13.2 Å². The average Bonchev–Trinajstić information content (AvgIpc) is 2.67. The maximum absolute atomic E-state index is 11.7. The molecular weight excluding hydrogens is 376 g/mol. The van der Waals surface area contributed by atoms with Crippen LogP contribution in [0.2, 0.25) is 0 Å². The Labute approximate surface area is 158 Å². The molecule has 2 rings (SSSR count). The van der Waals surface area contributed by atoms with Gasteiger partial charge in [-0.15, -0.1) is 4.33 Å². The predicted octanol–water partition coefficient (Wildman–Crippen LogP) is 3.39. The minimum atomic E-state index is -1.78. The monoisotopic (exact) mass is 398 g/mol. The van der Waals surface area contributed by atoms with Gasteiger partial charge in [0.05, 0.1) is 25.6 Å². The second-order valence-electron chi connectivity index (χ2n) is 5.30. The topological polar surface area (TPSA) is 71.1 Å². The van der Waals surface area contributed by atoms with Crippen molar-refractivity contribution in [3.63, 3.8) is 0 Å². The minimum absolute atomic E-state index is 0.234. The van der Waals surface area contributed by atoms with Gasteiger partial charge < -0.3 is 0 Å². The van der Waals surface area contributed by atoms with Crippen LogP contribution in [0.15, 0.2) is 60.7 Å². The number of rotatable bonds is 13. The van der Waals surface area contributed by atoms with Gasteiger partial charge in [-0.25, -0.2) is 9.10 Å². The Morgan fingerprint density at radius 3 is 2.04 bits per heavy atom. The molecule has 0 aliphatic rings. The lowest BCUT2D eigenvalue weighted by Crippen LogP contribution is -2.06. The number of benzene rings is 2. The molecular formula is C18H22O6S2. The van der Waals surface area contributed by atoms with E-state index < -0.39 is 22.4 Å². The second kappa shape index (κ2) is 12.9. The summed E-state index contributed by atoms with van der Waals surface area (Å²) in [5.41, 5.74) is 1.85. The molecule has 0 amide bonds. The van der Waals surface area contributed by atoms with Crippen LogP contribution in [0.25, 0.3) is 0 Å². The van der Waals surface area contributed by atoms with Gasteiger partial charge in [0.15, 0.2) is 11.1 Å². The molecule has 0 heterocycles. The van der Waals surface area contributed by atoms with Crippen molar-refractivity contribution < 1.29 is 26.0 Å². The quantitative estimate of drug-likeness (QED) is 0.293. The molecule has 0 fully saturated rings. The number of unbranched alkanes of at least 4 members (excludes halogenated alkanes) is 1. The summed E-state index contributed by atoms with van der Waals surface area (Å²) in [6.07, 6.45) is 1.24. The van der Waals surface area contributed by atoms with Crippen molar-refractivity contribution in [2.24, 2.45) is 0 Å². The van der Waals surface area contributed by atoms with E-state index >= 15 is 0 Å². The molecule has 0 N–H and O–H groups in total. The van der Waals surface area contributed by atoms with Crippen molar-refractivity contribution in [3.8, 4) is 0 Å². The lowest BCUT2D eigenvalue weighted by Gasteiger charge is -2.05. The third-order valence-corrected chi connectivity index (χ3v) is 4.70. The number of hydrogen-bond donors (Lipinski definition) is 0. The SMILES string of the molecule is O=[S@](OCCCCOO[S@@](=O)Cc1ccccc1)OCc1ccccc1. The molecule has 0 saturated heterocycles. The summed E-state index contributed by atoms with van der Waals surface area (Å²) >= 11 is -3.31. The maximum atomic E-state index is 11.7. The Morgan fingerprint density at radius 1 is 0.731 bits per heavy atom. The van der Waals surface area contributed by atoms with Crippen molar-refractivity contribution in [3.05, 3.63) is 71.8 Å². The van der Waals surface area contributed by atoms with Crippen molar-refractivity contribution in [1.29, 1.82) is 0 Å². The molecule has 26 heavy (non-hydrogen) atoms. The lowest BCUT2D eigenvalue weighted by atomic mass is 10.2. The van der Waals surface area contributed by atoms with Crippen LogP contribution in [-0.4, -0.2) is 21.6 Å². The summed E-state index contributed by atoms with van der Waals surface area (Å²) in [5, 5.41) is 0. The van der Waals surface area contributed by atoms with Crippen LogP contribution in [0, 0.1) is 0 Å². The smallest absolute Gasteiger partial charge is 0.268 e.